The number of hydrogen-bond donors (Lipinski definition) is 2. The van der Waals surface area contributed by atoms with Gasteiger partial charge in [0.2, 0.25) is 10.0 Å². The standard InChI is InChI=1S/C23H18N2O4S/c1-2-14-24-30(28,29)21-13-7-11-19(16-21)23(27)25-20-12-6-10-18(15-20)22(26)17-8-4-3-5-9-17/h1,3-13,15-16,24H,14H2,(H,25,27). The van der Waals surface area contributed by atoms with Gasteiger partial charge in [0, 0.05) is 22.4 Å². The lowest BCUT2D eigenvalue weighted by atomic mass is 10.0. The SMILES string of the molecule is C#CCNS(=O)(=O)c1cccc(C(=O)Nc2cccc(C(=O)c3ccccc3)c2)c1. The number of amides is 1. The lowest BCUT2D eigenvalue weighted by molar-refractivity contribution is 0.102. The molecule has 0 aliphatic carbocycles. The molecule has 0 aliphatic rings. The summed E-state index contributed by atoms with van der Waals surface area (Å²) < 4.78 is 26.6. The molecule has 0 spiro atoms. The van der Waals surface area contributed by atoms with Crippen molar-refractivity contribution >= 4 is 27.4 Å². The Labute approximate surface area is 175 Å². The van der Waals surface area contributed by atoms with Gasteiger partial charge in [0.1, 0.15) is 0 Å². The molecule has 7 heteroatoms. The van der Waals surface area contributed by atoms with Crippen LogP contribution in [-0.2, 0) is 10.0 Å². The molecular formula is C23H18N2O4S. The third-order valence-corrected chi connectivity index (χ3v) is 5.59. The van der Waals surface area contributed by atoms with Gasteiger partial charge in [-0.3, -0.25) is 9.59 Å². The van der Waals surface area contributed by atoms with Crippen molar-refractivity contribution in [2.24, 2.45) is 0 Å². The molecule has 0 aromatic heterocycles. The number of carbonyl (C=O) groups excluding carboxylic acids is 2. The molecule has 0 unspecified atom stereocenters. The highest BCUT2D eigenvalue weighted by molar-refractivity contribution is 7.89. The number of sulfonamides is 1. The molecule has 0 saturated heterocycles. The van der Waals surface area contributed by atoms with Crippen LogP contribution in [0.4, 0.5) is 5.69 Å². The highest BCUT2D eigenvalue weighted by Crippen LogP contribution is 2.17. The Hall–Kier alpha value is -3.73. The Morgan fingerprint density at radius 2 is 1.50 bits per heavy atom. The maximum Gasteiger partial charge on any atom is 0.255 e. The summed E-state index contributed by atoms with van der Waals surface area (Å²) in [6, 6.07) is 20.9. The fourth-order valence-electron chi connectivity index (χ4n) is 2.72. The molecule has 30 heavy (non-hydrogen) atoms. The van der Waals surface area contributed by atoms with Gasteiger partial charge in [-0.2, -0.15) is 4.72 Å². The minimum atomic E-state index is -3.82. The van der Waals surface area contributed by atoms with Crippen molar-refractivity contribution in [3.8, 4) is 12.3 Å². The summed E-state index contributed by atoms with van der Waals surface area (Å²) in [5, 5.41) is 2.69. The normalized spacial score (nSPS) is 10.8. The molecule has 2 N–H and O–H groups in total. The number of anilines is 1. The number of carbonyl (C=O) groups is 2. The molecule has 6 nitrogen and oxygen atoms in total. The van der Waals surface area contributed by atoms with E-state index >= 15 is 0 Å². The zero-order valence-corrected chi connectivity index (χ0v) is 16.6. The largest absolute Gasteiger partial charge is 0.322 e. The smallest absolute Gasteiger partial charge is 0.255 e. The molecule has 0 fully saturated rings. The van der Waals surface area contributed by atoms with Crippen molar-refractivity contribution in [1.29, 1.82) is 0 Å². The molecule has 3 rings (SSSR count). The second kappa shape index (κ2) is 9.18. The lowest BCUT2D eigenvalue weighted by Gasteiger charge is -2.09. The third-order valence-electron chi connectivity index (χ3n) is 4.19. The van der Waals surface area contributed by atoms with Crippen LogP contribution in [0.25, 0.3) is 0 Å². The maximum atomic E-state index is 12.6. The second-order valence-corrected chi connectivity index (χ2v) is 8.05. The van der Waals surface area contributed by atoms with Crippen molar-refractivity contribution in [2.75, 3.05) is 11.9 Å². The van der Waals surface area contributed by atoms with Crippen LogP contribution in [0.3, 0.4) is 0 Å². The van der Waals surface area contributed by atoms with Crippen molar-refractivity contribution in [3.05, 3.63) is 95.6 Å². The molecule has 0 saturated carbocycles. The molecule has 0 bridgehead atoms. The van der Waals surface area contributed by atoms with Gasteiger partial charge in [-0.05, 0) is 30.3 Å². The van der Waals surface area contributed by atoms with Crippen LogP contribution in [0, 0.1) is 12.3 Å². The highest BCUT2D eigenvalue weighted by Gasteiger charge is 2.16. The van der Waals surface area contributed by atoms with Gasteiger partial charge in [0.05, 0.1) is 11.4 Å². The molecule has 0 radical (unpaired) electrons. The van der Waals surface area contributed by atoms with Crippen molar-refractivity contribution in [3.63, 3.8) is 0 Å². The number of ketones is 1. The van der Waals surface area contributed by atoms with Crippen molar-refractivity contribution in [1.82, 2.24) is 4.72 Å². The average Bonchev–Trinajstić information content (AvgIpc) is 2.78. The second-order valence-electron chi connectivity index (χ2n) is 6.29. The van der Waals surface area contributed by atoms with E-state index in [1.54, 1.807) is 48.5 Å². The first-order chi connectivity index (χ1) is 14.4. The van der Waals surface area contributed by atoms with E-state index in [1.807, 2.05) is 6.07 Å². The van der Waals surface area contributed by atoms with Crippen molar-refractivity contribution < 1.29 is 18.0 Å². The Balaban J connectivity index is 1.80. The summed E-state index contributed by atoms with van der Waals surface area (Å²) in [5.41, 5.74) is 1.53. The molecule has 0 atom stereocenters. The zero-order chi connectivity index (χ0) is 21.6. The summed E-state index contributed by atoms with van der Waals surface area (Å²) >= 11 is 0. The minimum absolute atomic E-state index is 0.0709. The lowest BCUT2D eigenvalue weighted by Crippen LogP contribution is -2.24. The number of hydrogen-bond acceptors (Lipinski definition) is 4. The van der Waals surface area contributed by atoms with E-state index < -0.39 is 15.9 Å². The Morgan fingerprint density at radius 1 is 0.833 bits per heavy atom. The van der Waals surface area contributed by atoms with E-state index in [4.69, 9.17) is 6.42 Å². The van der Waals surface area contributed by atoms with Crippen molar-refractivity contribution in [2.45, 2.75) is 4.90 Å². The fourth-order valence-corrected chi connectivity index (χ4v) is 3.70. The van der Waals surface area contributed by atoms with Gasteiger partial charge in [0.25, 0.3) is 5.91 Å². The average molecular weight is 418 g/mol. The van der Waals surface area contributed by atoms with Crippen LogP contribution in [0.2, 0.25) is 0 Å². The predicted molar refractivity (Wildman–Crippen MR) is 115 cm³/mol. The predicted octanol–water partition coefficient (Wildman–Crippen LogP) is 3.08. The van der Waals surface area contributed by atoms with Crippen LogP contribution in [0.5, 0.6) is 0 Å². The van der Waals surface area contributed by atoms with Gasteiger partial charge in [-0.15, -0.1) is 6.42 Å². The van der Waals surface area contributed by atoms with Crippen LogP contribution < -0.4 is 10.0 Å². The topological polar surface area (TPSA) is 92.3 Å². The van der Waals surface area contributed by atoms with Gasteiger partial charge >= 0.3 is 0 Å². The van der Waals surface area contributed by atoms with Crippen LogP contribution in [-0.4, -0.2) is 26.7 Å². The summed E-state index contributed by atoms with van der Waals surface area (Å²) in [6.45, 7) is -0.152. The van der Waals surface area contributed by atoms with E-state index in [-0.39, 0.29) is 22.8 Å². The Morgan fingerprint density at radius 3 is 2.23 bits per heavy atom. The van der Waals surface area contributed by atoms with E-state index in [9.17, 15) is 18.0 Å². The summed E-state index contributed by atoms with van der Waals surface area (Å²) in [5.74, 6) is 1.52. The number of terminal acetylenes is 1. The molecule has 1 amide bonds. The number of nitrogens with one attached hydrogen (secondary N) is 2. The first kappa shape index (κ1) is 21.0. The van der Waals surface area contributed by atoms with E-state index in [0.29, 0.717) is 16.8 Å². The fraction of sp³-hybridized carbons (Fsp3) is 0.0435. The Bertz CT molecular complexity index is 1230. The molecular weight excluding hydrogens is 400 g/mol. The first-order valence-electron chi connectivity index (χ1n) is 8.95. The maximum absolute atomic E-state index is 12.6. The Kier molecular flexibility index (Phi) is 6.42. The molecule has 3 aromatic carbocycles. The third kappa shape index (κ3) is 5.00. The summed E-state index contributed by atoms with van der Waals surface area (Å²) in [6.07, 6.45) is 5.08. The molecule has 3 aromatic rings. The monoisotopic (exact) mass is 418 g/mol. The zero-order valence-electron chi connectivity index (χ0n) is 15.8. The summed E-state index contributed by atoms with van der Waals surface area (Å²) in [7, 11) is -3.82. The first-order valence-corrected chi connectivity index (χ1v) is 10.4. The van der Waals surface area contributed by atoms with Gasteiger partial charge in [-0.1, -0.05) is 54.5 Å². The molecule has 0 heterocycles. The summed E-state index contributed by atoms with van der Waals surface area (Å²) in [4.78, 5) is 25.1. The van der Waals surface area contributed by atoms with E-state index in [1.165, 1.54) is 24.3 Å². The number of rotatable bonds is 7. The molecule has 0 aliphatic heterocycles. The van der Waals surface area contributed by atoms with E-state index in [2.05, 4.69) is 16.0 Å². The highest BCUT2D eigenvalue weighted by atomic mass is 32.2. The van der Waals surface area contributed by atoms with Crippen LogP contribution in [0.1, 0.15) is 26.3 Å². The van der Waals surface area contributed by atoms with Gasteiger partial charge in [-0.25, -0.2) is 8.42 Å². The van der Waals surface area contributed by atoms with Crippen LogP contribution >= 0.6 is 0 Å². The number of benzene rings is 3. The van der Waals surface area contributed by atoms with Gasteiger partial charge in [0.15, 0.2) is 5.78 Å². The van der Waals surface area contributed by atoms with E-state index in [0.717, 1.165) is 0 Å². The van der Waals surface area contributed by atoms with Gasteiger partial charge < -0.3 is 5.32 Å². The minimum Gasteiger partial charge on any atom is -0.322 e. The van der Waals surface area contributed by atoms with Crippen LogP contribution in [0.15, 0.2) is 83.8 Å². The molecule has 150 valence electrons. The quantitative estimate of drug-likeness (QED) is 0.456.